The Kier molecular flexibility index (Phi) is 14.1. The molecule has 0 saturated carbocycles. The van der Waals surface area contributed by atoms with Gasteiger partial charge in [0.1, 0.15) is 85.9 Å². The third kappa shape index (κ3) is 9.00. The van der Waals surface area contributed by atoms with Crippen LogP contribution in [-0.4, -0.2) is 217 Å². The normalized spacial score (nSPS) is 44.5. The Bertz CT molecular complexity index is 848. The van der Waals surface area contributed by atoms with Gasteiger partial charge in [-0.25, -0.2) is 0 Å². The highest BCUT2D eigenvalue weighted by Gasteiger charge is 2.53. The van der Waals surface area contributed by atoms with E-state index in [2.05, 4.69) is 0 Å². The Hall–Kier alpha value is -0.720. The minimum absolute atomic E-state index is 0.151. The van der Waals surface area contributed by atoms with Gasteiger partial charge in [0.25, 0.3) is 0 Å². The predicted octanol–water partition coefficient (Wildman–Crippen LogP) is -6.17. The summed E-state index contributed by atoms with van der Waals surface area (Å²) in [5.74, 6) is 0. The van der Waals surface area contributed by atoms with Gasteiger partial charge in [-0.1, -0.05) is 0 Å². The first-order valence-corrected chi connectivity index (χ1v) is 14.4. The van der Waals surface area contributed by atoms with Crippen molar-refractivity contribution in [3.8, 4) is 0 Å². The smallest absolute Gasteiger partial charge is 0.187 e. The molecule has 18 nitrogen and oxygen atoms in total. The molecule has 9 N–H and O–H groups in total. The molecule has 0 aromatic carbocycles. The summed E-state index contributed by atoms with van der Waals surface area (Å²) in [4.78, 5) is 0. The number of likely N-dealkylation sites (N-methyl/N-ethyl adjacent to an activating group) is 1. The molecule has 18 heteroatoms. The van der Waals surface area contributed by atoms with Crippen molar-refractivity contribution in [1.29, 1.82) is 0 Å². The van der Waals surface area contributed by atoms with Crippen molar-refractivity contribution >= 4 is 0 Å². The Labute approximate surface area is 255 Å². The maximum absolute atomic E-state index is 11.2. The fraction of sp³-hybridized carbons (Fsp3) is 1.00. The first kappa shape index (κ1) is 37.7. The van der Waals surface area contributed by atoms with Gasteiger partial charge in [0.05, 0.1) is 47.6 Å². The number of hydrogen-bond acceptors (Lipinski definition) is 17. The largest absolute Gasteiger partial charge is 0.394 e. The molecule has 3 fully saturated rings. The van der Waals surface area contributed by atoms with Gasteiger partial charge in [-0.15, -0.1) is 0 Å². The summed E-state index contributed by atoms with van der Waals surface area (Å²) in [6.45, 7) is -1.43. The second kappa shape index (κ2) is 16.4. The predicted molar refractivity (Wildman–Crippen MR) is 143 cm³/mol. The van der Waals surface area contributed by atoms with Gasteiger partial charge >= 0.3 is 0 Å². The van der Waals surface area contributed by atoms with Crippen LogP contribution in [0.3, 0.4) is 0 Å². The molecule has 0 aromatic rings. The lowest BCUT2D eigenvalue weighted by atomic mass is 9.96. The van der Waals surface area contributed by atoms with Crippen LogP contribution in [0.5, 0.6) is 0 Å². The minimum Gasteiger partial charge on any atom is -0.394 e. The Balaban J connectivity index is 1.80. The van der Waals surface area contributed by atoms with Crippen LogP contribution in [0.15, 0.2) is 0 Å². The average Bonchev–Trinajstić information content (AvgIpc) is 2.96. The molecule has 3 rings (SSSR count). The summed E-state index contributed by atoms with van der Waals surface area (Å²) in [6, 6.07) is 0. The summed E-state index contributed by atoms with van der Waals surface area (Å²) < 4.78 is 44.7. The lowest BCUT2D eigenvalue weighted by Crippen LogP contribution is -2.66. The number of ether oxygens (including phenoxy) is 8. The van der Waals surface area contributed by atoms with Gasteiger partial charge in [0, 0.05) is 14.2 Å². The average molecular weight is 649 g/mol. The lowest BCUT2D eigenvalue weighted by molar-refractivity contribution is -0.873. The van der Waals surface area contributed by atoms with Crippen LogP contribution in [-0.2, 0) is 37.9 Å². The Morgan fingerprint density at radius 1 is 0.614 bits per heavy atom. The van der Waals surface area contributed by atoms with Gasteiger partial charge < -0.3 is 88.3 Å². The van der Waals surface area contributed by atoms with E-state index >= 15 is 0 Å². The van der Waals surface area contributed by atoms with Crippen molar-refractivity contribution in [1.82, 2.24) is 0 Å². The first-order chi connectivity index (χ1) is 20.7. The second-order valence-electron chi connectivity index (χ2n) is 12.2. The quantitative estimate of drug-likeness (QED) is 0.0794. The van der Waals surface area contributed by atoms with E-state index in [1.54, 1.807) is 0 Å². The summed E-state index contributed by atoms with van der Waals surface area (Å²) >= 11 is 0. The van der Waals surface area contributed by atoms with E-state index in [1.807, 2.05) is 21.1 Å². The summed E-state index contributed by atoms with van der Waals surface area (Å²) in [5.41, 5.74) is 0. The molecule has 0 bridgehead atoms. The summed E-state index contributed by atoms with van der Waals surface area (Å²) in [5, 5.41) is 94.3. The molecule has 3 heterocycles. The van der Waals surface area contributed by atoms with Crippen LogP contribution in [0.1, 0.15) is 0 Å². The van der Waals surface area contributed by atoms with E-state index in [0.29, 0.717) is 11.0 Å². The van der Waals surface area contributed by atoms with Crippen molar-refractivity contribution < 1.29 is 88.3 Å². The maximum Gasteiger partial charge on any atom is 0.187 e. The molecule has 44 heavy (non-hydrogen) atoms. The van der Waals surface area contributed by atoms with Crippen LogP contribution >= 0.6 is 0 Å². The zero-order valence-electron chi connectivity index (χ0n) is 25.5. The number of methoxy groups -OCH3 is 2. The third-order valence-corrected chi connectivity index (χ3v) is 7.72. The second-order valence-corrected chi connectivity index (χ2v) is 12.2. The van der Waals surface area contributed by atoms with Crippen molar-refractivity contribution in [3.63, 3.8) is 0 Å². The summed E-state index contributed by atoms with van der Waals surface area (Å²) in [6.07, 6.45) is -23.3. The molecule has 0 spiro atoms. The number of hydrogen-bond donors (Lipinski definition) is 9. The van der Waals surface area contributed by atoms with Gasteiger partial charge in [-0.3, -0.25) is 0 Å². The van der Waals surface area contributed by atoms with Crippen LogP contribution in [0.25, 0.3) is 0 Å². The van der Waals surface area contributed by atoms with Crippen LogP contribution < -0.4 is 0 Å². The van der Waals surface area contributed by atoms with Crippen molar-refractivity contribution in [3.05, 3.63) is 0 Å². The Morgan fingerprint density at radius 2 is 1.05 bits per heavy atom. The molecule has 3 saturated heterocycles. The fourth-order valence-electron chi connectivity index (χ4n) is 5.51. The highest BCUT2D eigenvalue weighted by Crippen LogP contribution is 2.33. The van der Waals surface area contributed by atoms with E-state index in [-0.39, 0.29) is 13.2 Å². The molecule has 3 aliphatic rings. The number of nitrogens with zero attached hydrogens (tertiary/aromatic N) is 1. The molecule has 0 aliphatic carbocycles. The molecule has 260 valence electrons. The third-order valence-electron chi connectivity index (χ3n) is 7.72. The Morgan fingerprint density at radius 3 is 1.52 bits per heavy atom. The molecule has 3 aliphatic heterocycles. The van der Waals surface area contributed by atoms with Crippen molar-refractivity contribution in [2.45, 2.75) is 98.2 Å². The zero-order chi connectivity index (χ0) is 32.9. The maximum atomic E-state index is 11.2. The molecule has 7 unspecified atom stereocenters. The monoisotopic (exact) mass is 648 g/mol. The highest BCUT2D eigenvalue weighted by molar-refractivity contribution is 4.96. The topological polar surface area (TPSA) is 256 Å². The van der Waals surface area contributed by atoms with E-state index < -0.39 is 111 Å². The fourth-order valence-corrected chi connectivity index (χ4v) is 5.51. The van der Waals surface area contributed by atoms with E-state index in [1.165, 1.54) is 14.2 Å². The molecular weight excluding hydrogens is 598 g/mol. The van der Waals surface area contributed by atoms with Crippen molar-refractivity contribution in [2.75, 3.05) is 68.3 Å². The number of quaternary nitrogens is 1. The molecule has 16 atom stereocenters. The number of aliphatic hydroxyl groups excluding tert-OH is 9. The number of aliphatic hydroxyl groups is 9. The number of rotatable bonds is 14. The zero-order valence-corrected chi connectivity index (χ0v) is 25.5. The van der Waals surface area contributed by atoms with E-state index in [9.17, 15) is 46.0 Å². The summed E-state index contributed by atoms with van der Waals surface area (Å²) in [7, 11) is 8.12. The first-order valence-electron chi connectivity index (χ1n) is 14.4. The molecule has 0 radical (unpaired) electrons. The molecule has 0 amide bonds. The van der Waals surface area contributed by atoms with Gasteiger partial charge in [0.2, 0.25) is 0 Å². The van der Waals surface area contributed by atoms with Crippen molar-refractivity contribution in [2.24, 2.45) is 0 Å². The van der Waals surface area contributed by atoms with E-state index in [0.717, 1.165) is 0 Å². The van der Waals surface area contributed by atoms with Gasteiger partial charge in [-0.05, 0) is 0 Å². The van der Waals surface area contributed by atoms with Gasteiger partial charge in [0.15, 0.2) is 18.9 Å². The lowest BCUT2D eigenvalue weighted by Gasteiger charge is -2.48. The molecule has 0 aromatic heterocycles. The highest BCUT2D eigenvalue weighted by atomic mass is 16.8. The van der Waals surface area contributed by atoms with Crippen LogP contribution in [0.4, 0.5) is 0 Å². The standard InChI is InChI=1S/C26H50NO17/c1-27(2,3)6-11(30)9-39-10-14-23(44-25-19(35)15(31)21(37-4)12(7-28)41-25)17(33)20(36)26(42-14)43-22-13(8-29)40-24(38-5)18(34)16(22)32/h11-26,28-36H,6-10H2,1-5H3/q+1/t11?,12?,13?,14?,15-,16+,17-,18?,19?,20?,21-,22-,23-,24+,25+,26-/m1/s1. The van der Waals surface area contributed by atoms with Crippen LogP contribution in [0, 0.1) is 0 Å². The van der Waals surface area contributed by atoms with Gasteiger partial charge in [-0.2, -0.15) is 0 Å². The van der Waals surface area contributed by atoms with Crippen LogP contribution in [0.2, 0.25) is 0 Å². The SMILES string of the molecule is CO[C@H]1OC(CO)[C@@H](O[C@H]2OC(COCC(O)C[N+](C)(C)C)[C@@H](O[C@@H]3OC(CO)[C@@H](OC)[C@H](O)C3O)[C@H](O)C2O)[C@@H](O)C1O. The van der Waals surface area contributed by atoms with E-state index in [4.69, 9.17) is 37.9 Å². The molecular formula is C26H50NO17+. The minimum atomic E-state index is -1.87.